The van der Waals surface area contributed by atoms with Crippen molar-refractivity contribution >= 4 is 34.2 Å². The molecule has 0 saturated heterocycles. The SMILES string of the molecule is Cn1c(C(=O)Nc2ccon2)cc2c(Cl)cccc21. The molecular weight excluding hydrogens is 266 g/mol. The Bertz CT molecular complexity index is 747. The van der Waals surface area contributed by atoms with Crippen LogP contribution in [0.5, 0.6) is 0 Å². The molecule has 3 aromatic rings. The standard InChI is InChI=1S/C13H10ClN3O2/c1-17-10-4-2-3-9(14)8(10)7-11(17)13(18)15-12-5-6-19-16-12/h2-7H,1H3,(H,15,16,18). The molecule has 6 heteroatoms. The van der Waals surface area contributed by atoms with E-state index in [1.165, 1.54) is 6.26 Å². The van der Waals surface area contributed by atoms with E-state index in [1.807, 2.05) is 19.2 Å². The van der Waals surface area contributed by atoms with E-state index in [4.69, 9.17) is 11.6 Å². The lowest BCUT2D eigenvalue weighted by Crippen LogP contribution is -2.15. The van der Waals surface area contributed by atoms with Gasteiger partial charge in [0.15, 0.2) is 5.82 Å². The molecule has 0 aliphatic heterocycles. The first kappa shape index (κ1) is 11.8. The molecule has 0 unspecified atom stereocenters. The minimum atomic E-state index is -0.260. The van der Waals surface area contributed by atoms with Crippen LogP contribution in [0.25, 0.3) is 10.9 Å². The van der Waals surface area contributed by atoms with Crippen molar-refractivity contribution in [2.24, 2.45) is 7.05 Å². The second kappa shape index (κ2) is 4.44. The van der Waals surface area contributed by atoms with Crippen LogP contribution in [-0.4, -0.2) is 15.6 Å². The molecule has 1 amide bonds. The third kappa shape index (κ3) is 1.98. The van der Waals surface area contributed by atoms with Crippen LogP contribution in [0.3, 0.4) is 0 Å². The summed E-state index contributed by atoms with van der Waals surface area (Å²) in [6.45, 7) is 0. The molecule has 96 valence electrons. The Morgan fingerprint density at radius 2 is 2.26 bits per heavy atom. The van der Waals surface area contributed by atoms with Gasteiger partial charge >= 0.3 is 0 Å². The van der Waals surface area contributed by atoms with E-state index >= 15 is 0 Å². The van der Waals surface area contributed by atoms with Gasteiger partial charge in [-0.25, -0.2) is 0 Å². The summed E-state index contributed by atoms with van der Waals surface area (Å²) >= 11 is 6.12. The Labute approximate surface area is 113 Å². The van der Waals surface area contributed by atoms with Gasteiger partial charge in [-0.15, -0.1) is 0 Å². The van der Waals surface area contributed by atoms with Gasteiger partial charge in [0.1, 0.15) is 12.0 Å². The maximum absolute atomic E-state index is 12.2. The summed E-state index contributed by atoms with van der Waals surface area (Å²) in [4.78, 5) is 12.2. The lowest BCUT2D eigenvalue weighted by molar-refractivity contribution is 0.101. The highest BCUT2D eigenvalue weighted by atomic mass is 35.5. The minimum absolute atomic E-state index is 0.260. The van der Waals surface area contributed by atoms with E-state index in [-0.39, 0.29) is 5.91 Å². The molecule has 0 radical (unpaired) electrons. The third-order valence-electron chi connectivity index (χ3n) is 2.95. The van der Waals surface area contributed by atoms with E-state index in [2.05, 4.69) is 15.0 Å². The van der Waals surface area contributed by atoms with Crippen molar-refractivity contribution in [1.82, 2.24) is 9.72 Å². The van der Waals surface area contributed by atoms with Gasteiger partial charge in [-0.1, -0.05) is 22.8 Å². The second-order valence-electron chi connectivity index (χ2n) is 4.10. The van der Waals surface area contributed by atoms with Crippen molar-refractivity contribution in [2.45, 2.75) is 0 Å². The Balaban J connectivity index is 2.03. The minimum Gasteiger partial charge on any atom is -0.363 e. The Kier molecular flexibility index (Phi) is 2.76. The highest BCUT2D eigenvalue weighted by Gasteiger charge is 2.15. The number of fused-ring (bicyclic) bond motifs is 1. The number of carbonyl (C=O) groups excluding carboxylic acids is 1. The Morgan fingerprint density at radius 3 is 2.95 bits per heavy atom. The lowest BCUT2D eigenvalue weighted by atomic mass is 10.2. The maximum atomic E-state index is 12.2. The Hall–Kier alpha value is -2.27. The highest BCUT2D eigenvalue weighted by molar-refractivity contribution is 6.35. The number of rotatable bonds is 2. The predicted octanol–water partition coefficient (Wildman–Crippen LogP) is 3.07. The number of anilines is 1. The van der Waals surface area contributed by atoms with Gasteiger partial charge in [0.2, 0.25) is 0 Å². The molecule has 0 saturated carbocycles. The van der Waals surface area contributed by atoms with Crippen LogP contribution in [0, 0.1) is 0 Å². The number of nitrogens with zero attached hydrogens (tertiary/aromatic N) is 2. The summed E-state index contributed by atoms with van der Waals surface area (Å²) < 4.78 is 6.46. The van der Waals surface area contributed by atoms with E-state index in [9.17, 15) is 4.79 Å². The first-order valence-electron chi connectivity index (χ1n) is 5.62. The summed E-state index contributed by atoms with van der Waals surface area (Å²) in [5.74, 6) is 0.116. The largest absolute Gasteiger partial charge is 0.363 e. The van der Waals surface area contributed by atoms with Gasteiger partial charge in [-0.3, -0.25) is 4.79 Å². The quantitative estimate of drug-likeness (QED) is 0.782. The zero-order chi connectivity index (χ0) is 13.4. The molecule has 2 aromatic heterocycles. The van der Waals surface area contributed by atoms with E-state index < -0.39 is 0 Å². The van der Waals surface area contributed by atoms with Crippen molar-refractivity contribution in [2.75, 3.05) is 5.32 Å². The molecule has 0 aliphatic carbocycles. The average molecular weight is 276 g/mol. The number of nitrogens with one attached hydrogen (secondary N) is 1. The van der Waals surface area contributed by atoms with Crippen LogP contribution >= 0.6 is 11.6 Å². The molecule has 1 aromatic carbocycles. The Morgan fingerprint density at radius 1 is 1.42 bits per heavy atom. The molecule has 5 nitrogen and oxygen atoms in total. The van der Waals surface area contributed by atoms with Gasteiger partial charge in [0.05, 0.1) is 0 Å². The first-order valence-corrected chi connectivity index (χ1v) is 6.00. The fourth-order valence-corrected chi connectivity index (χ4v) is 2.22. The van der Waals surface area contributed by atoms with Crippen molar-refractivity contribution in [3.63, 3.8) is 0 Å². The van der Waals surface area contributed by atoms with Gasteiger partial charge < -0.3 is 14.4 Å². The fraction of sp³-hybridized carbons (Fsp3) is 0.0769. The molecule has 0 spiro atoms. The third-order valence-corrected chi connectivity index (χ3v) is 3.28. The summed E-state index contributed by atoms with van der Waals surface area (Å²) in [7, 11) is 1.82. The van der Waals surface area contributed by atoms with Crippen molar-refractivity contribution in [1.29, 1.82) is 0 Å². The zero-order valence-corrected chi connectivity index (χ0v) is 10.8. The normalized spacial score (nSPS) is 10.8. The van der Waals surface area contributed by atoms with Gasteiger partial charge in [-0.2, -0.15) is 0 Å². The molecule has 0 fully saturated rings. The number of aryl methyl sites for hydroxylation is 1. The monoisotopic (exact) mass is 275 g/mol. The maximum Gasteiger partial charge on any atom is 0.273 e. The second-order valence-corrected chi connectivity index (χ2v) is 4.51. The van der Waals surface area contributed by atoms with Crippen LogP contribution in [0.2, 0.25) is 5.02 Å². The topological polar surface area (TPSA) is 60.1 Å². The van der Waals surface area contributed by atoms with Crippen LogP contribution in [-0.2, 0) is 7.05 Å². The van der Waals surface area contributed by atoms with Gasteiger partial charge in [-0.05, 0) is 18.2 Å². The van der Waals surface area contributed by atoms with Crippen LogP contribution in [0.1, 0.15) is 10.5 Å². The summed E-state index contributed by atoms with van der Waals surface area (Å²) in [6, 6.07) is 8.89. The average Bonchev–Trinajstić information content (AvgIpc) is 2.99. The zero-order valence-electron chi connectivity index (χ0n) is 10.1. The molecule has 1 N–H and O–H groups in total. The number of aromatic nitrogens is 2. The molecule has 3 rings (SSSR count). The molecule has 0 bridgehead atoms. The number of hydrogen-bond acceptors (Lipinski definition) is 3. The first-order chi connectivity index (χ1) is 9.16. The summed E-state index contributed by atoms with van der Waals surface area (Å²) in [5, 5.41) is 7.76. The van der Waals surface area contributed by atoms with E-state index in [0.29, 0.717) is 16.5 Å². The fourth-order valence-electron chi connectivity index (χ4n) is 2.00. The molecule has 19 heavy (non-hydrogen) atoms. The van der Waals surface area contributed by atoms with Gasteiger partial charge in [0, 0.05) is 29.0 Å². The molecule has 0 aliphatic rings. The molecule has 0 atom stereocenters. The number of hydrogen-bond donors (Lipinski definition) is 1. The van der Waals surface area contributed by atoms with Gasteiger partial charge in [0.25, 0.3) is 5.91 Å². The van der Waals surface area contributed by atoms with Crippen LogP contribution in [0.15, 0.2) is 41.1 Å². The van der Waals surface area contributed by atoms with Crippen LogP contribution < -0.4 is 5.32 Å². The number of benzene rings is 1. The van der Waals surface area contributed by atoms with Crippen molar-refractivity contribution in [3.05, 3.63) is 47.3 Å². The smallest absolute Gasteiger partial charge is 0.273 e. The molecular formula is C13H10ClN3O2. The van der Waals surface area contributed by atoms with E-state index in [0.717, 1.165) is 10.9 Å². The van der Waals surface area contributed by atoms with Crippen molar-refractivity contribution in [3.8, 4) is 0 Å². The number of carbonyl (C=O) groups is 1. The van der Waals surface area contributed by atoms with Crippen LogP contribution in [0.4, 0.5) is 5.82 Å². The lowest BCUT2D eigenvalue weighted by Gasteiger charge is -2.03. The molecule has 2 heterocycles. The predicted molar refractivity (Wildman–Crippen MR) is 72.4 cm³/mol. The highest BCUT2D eigenvalue weighted by Crippen LogP contribution is 2.26. The van der Waals surface area contributed by atoms with Crippen molar-refractivity contribution < 1.29 is 9.32 Å². The number of halogens is 1. The van der Waals surface area contributed by atoms with E-state index in [1.54, 1.807) is 22.8 Å². The summed E-state index contributed by atoms with van der Waals surface area (Å²) in [5.41, 5.74) is 1.41. The summed E-state index contributed by atoms with van der Waals surface area (Å²) in [6.07, 6.45) is 1.40. The number of amides is 1.